The van der Waals surface area contributed by atoms with Gasteiger partial charge in [-0.3, -0.25) is 0 Å². The third kappa shape index (κ3) is 3.13. The summed E-state index contributed by atoms with van der Waals surface area (Å²) in [4.78, 5) is 0. The molecular formula is C14H20O5. The van der Waals surface area contributed by atoms with Gasteiger partial charge in [-0.05, 0) is 12.5 Å². The normalized spacial score (nSPS) is 37.0. The van der Waals surface area contributed by atoms with Crippen molar-refractivity contribution in [1.29, 1.82) is 0 Å². The Balaban J connectivity index is 2.02. The van der Waals surface area contributed by atoms with Crippen LogP contribution < -0.4 is 0 Å². The van der Waals surface area contributed by atoms with E-state index < -0.39 is 36.6 Å². The molecule has 1 aromatic carbocycles. The Labute approximate surface area is 112 Å². The molecule has 1 heterocycles. The molecule has 106 valence electrons. The van der Waals surface area contributed by atoms with E-state index in [0.29, 0.717) is 0 Å². The van der Waals surface area contributed by atoms with Crippen molar-refractivity contribution in [3.8, 4) is 0 Å². The summed E-state index contributed by atoms with van der Waals surface area (Å²) in [5, 5.41) is 39.3. The Bertz CT molecular complexity index is 396. The molecule has 0 radical (unpaired) electrons. The van der Waals surface area contributed by atoms with Crippen molar-refractivity contribution in [1.82, 2.24) is 0 Å². The van der Waals surface area contributed by atoms with Crippen LogP contribution in [0.3, 0.4) is 0 Å². The highest BCUT2D eigenvalue weighted by atomic mass is 16.5. The zero-order chi connectivity index (χ0) is 14.0. The molecule has 19 heavy (non-hydrogen) atoms. The number of rotatable bonds is 3. The van der Waals surface area contributed by atoms with Gasteiger partial charge in [0.1, 0.15) is 18.3 Å². The first-order valence-electron chi connectivity index (χ1n) is 6.43. The van der Waals surface area contributed by atoms with Crippen LogP contribution in [0.2, 0.25) is 0 Å². The molecule has 1 aliphatic heterocycles. The predicted octanol–water partition coefficient (Wildman–Crippen LogP) is -0.0199. The fourth-order valence-corrected chi connectivity index (χ4v) is 2.36. The van der Waals surface area contributed by atoms with Gasteiger partial charge in [0.15, 0.2) is 0 Å². The van der Waals surface area contributed by atoms with E-state index in [1.807, 2.05) is 18.2 Å². The highest BCUT2D eigenvalue weighted by Gasteiger charge is 2.42. The molecule has 0 aliphatic carbocycles. The molecule has 1 saturated heterocycles. The maximum Gasteiger partial charge on any atom is 0.111 e. The largest absolute Gasteiger partial charge is 0.388 e. The van der Waals surface area contributed by atoms with E-state index in [1.165, 1.54) is 0 Å². The summed E-state index contributed by atoms with van der Waals surface area (Å²) in [5.74, 6) is 0. The van der Waals surface area contributed by atoms with Crippen LogP contribution in [-0.4, -0.2) is 50.9 Å². The quantitative estimate of drug-likeness (QED) is 0.618. The standard InChI is InChI=1S/C14H20O5/c1-8-12(16)14(18)13(17)11(19-8)7-10(15)9-5-3-2-4-6-9/h2-6,8,10-18H,7H2,1H3/t8-,10?,11?,12+,13+,14+/m1/s1. The minimum Gasteiger partial charge on any atom is -0.388 e. The van der Waals surface area contributed by atoms with Crippen molar-refractivity contribution >= 4 is 0 Å². The third-order valence-corrected chi connectivity index (χ3v) is 3.59. The maximum atomic E-state index is 10.1. The number of aliphatic hydroxyl groups excluding tert-OH is 4. The molecule has 0 spiro atoms. The lowest BCUT2D eigenvalue weighted by Gasteiger charge is -2.40. The summed E-state index contributed by atoms with van der Waals surface area (Å²) in [6.45, 7) is 1.63. The van der Waals surface area contributed by atoms with Crippen molar-refractivity contribution in [2.45, 2.75) is 50.0 Å². The van der Waals surface area contributed by atoms with E-state index in [2.05, 4.69) is 0 Å². The van der Waals surface area contributed by atoms with Gasteiger partial charge in [0, 0.05) is 6.42 Å². The molecule has 0 saturated carbocycles. The van der Waals surface area contributed by atoms with Gasteiger partial charge in [0.25, 0.3) is 0 Å². The molecule has 1 aromatic rings. The first-order valence-corrected chi connectivity index (χ1v) is 6.43. The van der Waals surface area contributed by atoms with E-state index >= 15 is 0 Å². The lowest BCUT2D eigenvalue weighted by atomic mass is 9.91. The molecule has 0 amide bonds. The molecule has 2 rings (SSSR count). The van der Waals surface area contributed by atoms with Gasteiger partial charge in [-0.1, -0.05) is 30.3 Å². The van der Waals surface area contributed by atoms with Crippen LogP contribution in [0.5, 0.6) is 0 Å². The fraction of sp³-hybridized carbons (Fsp3) is 0.571. The first kappa shape index (κ1) is 14.4. The third-order valence-electron chi connectivity index (χ3n) is 3.59. The fourth-order valence-electron chi connectivity index (χ4n) is 2.36. The SMILES string of the molecule is C[C@H]1OC(CC(O)c2ccccc2)[C@H](O)[C@@H](O)[C@H]1O. The van der Waals surface area contributed by atoms with E-state index in [-0.39, 0.29) is 6.42 Å². The zero-order valence-corrected chi connectivity index (χ0v) is 10.8. The lowest BCUT2D eigenvalue weighted by molar-refractivity contribution is -0.222. The Kier molecular flexibility index (Phi) is 4.54. The van der Waals surface area contributed by atoms with Crippen molar-refractivity contribution in [2.24, 2.45) is 0 Å². The molecule has 2 unspecified atom stereocenters. The molecule has 0 bridgehead atoms. The predicted molar refractivity (Wildman–Crippen MR) is 68.4 cm³/mol. The Morgan fingerprint density at radius 2 is 1.68 bits per heavy atom. The smallest absolute Gasteiger partial charge is 0.111 e. The zero-order valence-electron chi connectivity index (χ0n) is 10.8. The number of aliphatic hydroxyl groups is 4. The van der Waals surface area contributed by atoms with Crippen LogP contribution in [0, 0.1) is 0 Å². The summed E-state index contributed by atoms with van der Waals surface area (Å²) in [7, 11) is 0. The van der Waals surface area contributed by atoms with Crippen LogP contribution in [-0.2, 0) is 4.74 Å². The van der Waals surface area contributed by atoms with Crippen LogP contribution in [0.4, 0.5) is 0 Å². The van der Waals surface area contributed by atoms with Crippen molar-refractivity contribution in [2.75, 3.05) is 0 Å². The summed E-state index contributed by atoms with van der Waals surface area (Å²) in [6.07, 6.45) is -5.47. The van der Waals surface area contributed by atoms with Gasteiger partial charge >= 0.3 is 0 Å². The highest BCUT2D eigenvalue weighted by molar-refractivity contribution is 5.17. The van der Waals surface area contributed by atoms with Crippen molar-refractivity contribution in [3.63, 3.8) is 0 Å². The summed E-state index contributed by atoms with van der Waals surface area (Å²) in [5.41, 5.74) is 0.728. The van der Waals surface area contributed by atoms with E-state index in [0.717, 1.165) is 5.56 Å². The van der Waals surface area contributed by atoms with Gasteiger partial charge in [-0.2, -0.15) is 0 Å². The number of ether oxygens (including phenoxy) is 1. The minimum atomic E-state index is -1.25. The lowest BCUT2D eigenvalue weighted by Crippen LogP contribution is -2.56. The Morgan fingerprint density at radius 3 is 2.32 bits per heavy atom. The Hall–Kier alpha value is -0.980. The van der Waals surface area contributed by atoms with Crippen LogP contribution in [0.1, 0.15) is 25.0 Å². The highest BCUT2D eigenvalue weighted by Crippen LogP contribution is 2.28. The van der Waals surface area contributed by atoms with E-state index in [9.17, 15) is 20.4 Å². The average Bonchev–Trinajstić information content (AvgIpc) is 2.43. The molecule has 5 nitrogen and oxygen atoms in total. The second kappa shape index (κ2) is 5.98. The van der Waals surface area contributed by atoms with Crippen LogP contribution in [0.15, 0.2) is 30.3 Å². The van der Waals surface area contributed by atoms with Gasteiger partial charge < -0.3 is 25.2 Å². The van der Waals surface area contributed by atoms with E-state index in [1.54, 1.807) is 19.1 Å². The summed E-state index contributed by atoms with van der Waals surface area (Å²) in [6, 6.07) is 9.06. The number of hydrogen-bond donors (Lipinski definition) is 4. The maximum absolute atomic E-state index is 10.1. The van der Waals surface area contributed by atoms with Gasteiger partial charge in [0.05, 0.1) is 18.3 Å². The summed E-state index contributed by atoms with van der Waals surface area (Å²) < 4.78 is 5.45. The molecule has 5 heteroatoms. The first-order chi connectivity index (χ1) is 9.00. The van der Waals surface area contributed by atoms with Crippen LogP contribution in [0.25, 0.3) is 0 Å². The van der Waals surface area contributed by atoms with Gasteiger partial charge in [-0.15, -0.1) is 0 Å². The number of hydrogen-bond acceptors (Lipinski definition) is 5. The molecule has 1 fully saturated rings. The average molecular weight is 268 g/mol. The topological polar surface area (TPSA) is 90.2 Å². The van der Waals surface area contributed by atoms with E-state index in [4.69, 9.17) is 4.74 Å². The van der Waals surface area contributed by atoms with Crippen LogP contribution >= 0.6 is 0 Å². The van der Waals surface area contributed by atoms with Gasteiger partial charge in [-0.25, -0.2) is 0 Å². The Morgan fingerprint density at radius 1 is 1.05 bits per heavy atom. The molecule has 4 N–H and O–H groups in total. The molecule has 6 atom stereocenters. The minimum absolute atomic E-state index is 0.166. The number of benzene rings is 1. The monoisotopic (exact) mass is 268 g/mol. The second-order valence-corrected chi connectivity index (χ2v) is 5.01. The van der Waals surface area contributed by atoms with Gasteiger partial charge in [0.2, 0.25) is 0 Å². The summed E-state index contributed by atoms with van der Waals surface area (Å²) >= 11 is 0. The second-order valence-electron chi connectivity index (χ2n) is 5.01. The molecule has 1 aliphatic rings. The molecular weight excluding hydrogens is 248 g/mol. The van der Waals surface area contributed by atoms with Crippen molar-refractivity contribution in [3.05, 3.63) is 35.9 Å². The molecule has 0 aromatic heterocycles. The van der Waals surface area contributed by atoms with Crippen molar-refractivity contribution < 1.29 is 25.2 Å².